The van der Waals surface area contributed by atoms with Gasteiger partial charge >= 0.3 is 5.97 Å². The molecule has 5 heteroatoms. The van der Waals surface area contributed by atoms with Gasteiger partial charge < -0.3 is 9.72 Å². The number of aromatic amines is 1. The number of carbonyl (C=O) groups is 1. The molecule has 0 aliphatic rings. The lowest BCUT2D eigenvalue weighted by Crippen LogP contribution is -2.04. The molecule has 0 atom stereocenters. The van der Waals surface area contributed by atoms with Crippen molar-refractivity contribution in [3.63, 3.8) is 0 Å². The fraction of sp³-hybridized carbons (Fsp3) is 0.125. The second-order valence-corrected chi connectivity index (χ2v) is 5.28. The second-order valence-electron chi connectivity index (χ2n) is 4.43. The molecule has 106 valence electrons. The number of carbonyl (C=O) groups excluding carboxylic acids is 1. The van der Waals surface area contributed by atoms with E-state index in [9.17, 15) is 4.79 Å². The molecule has 0 fully saturated rings. The number of hydrogen-bond acceptors (Lipinski definition) is 4. The van der Waals surface area contributed by atoms with Crippen LogP contribution in [-0.2, 0) is 4.74 Å². The molecule has 0 aliphatic carbocycles. The van der Waals surface area contributed by atoms with Crippen LogP contribution >= 0.6 is 11.3 Å². The Labute approximate surface area is 126 Å². The normalized spacial score (nSPS) is 10.5. The Balaban J connectivity index is 1.85. The number of aromatic nitrogens is 2. The summed E-state index contributed by atoms with van der Waals surface area (Å²) in [7, 11) is 0. The maximum absolute atomic E-state index is 11.6. The van der Waals surface area contributed by atoms with E-state index >= 15 is 0 Å². The third kappa shape index (κ3) is 2.87. The molecule has 0 saturated carbocycles. The average molecular weight is 298 g/mol. The van der Waals surface area contributed by atoms with Crippen LogP contribution in [0.15, 0.2) is 48.0 Å². The van der Waals surface area contributed by atoms with Crippen LogP contribution in [0.5, 0.6) is 0 Å². The van der Waals surface area contributed by atoms with Gasteiger partial charge in [-0.1, -0.05) is 30.3 Å². The predicted molar refractivity (Wildman–Crippen MR) is 83.3 cm³/mol. The van der Waals surface area contributed by atoms with E-state index in [0.717, 1.165) is 21.8 Å². The molecule has 2 aromatic heterocycles. The zero-order valence-corrected chi connectivity index (χ0v) is 12.3. The molecular formula is C16H14N2O2S. The number of thiazole rings is 1. The molecule has 4 nitrogen and oxygen atoms in total. The van der Waals surface area contributed by atoms with Crippen LogP contribution in [0.1, 0.15) is 17.4 Å². The van der Waals surface area contributed by atoms with Crippen LogP contribution in [0.3, 0.4) is 0 Å². The highest BCUT2D eigenvalue weighted by Gasteiger charge is 2.12. The van der Waals surface area contributed by atoms with Crippen LogP contribution in [0.2, 0.25) is 0 Å². The van der Waals surface area contributed by atoms with Crippen molar-refractivity contribution >= 4 is 17.3 Å². The van der Waals surface area contributed by atoms with Crippen LogP contribution in [0.4, 0.5) is 0 Å². The summed E-state index contributed by atoms with van der Waals surface area (Å²) >= 11 is 1.58. The summed E-state index contributed by atoms with van der Waals surface area (Å²) in [5.41, 5.74) is 3.28. The van der Waals surface area contributed by atoms with Gasteiger partial charge in [0.2, 0.25) is 0 Å². The van der Waals surface area contributed by atoms with E-state index in [1.165, 1.54) is 0 Å². The summed E-state index contributed by atoms with van der Waals surface area (Å²) in [6, 6.07) is 11.8. The van der Waals surface area contributed by atoms with Crippen molar-refractivity contribution in [2.24, 2.45) is 0 Å². The quantitative estimate of drug-likeness (QED) is 0.741. The number of benzene rings is 1. The first-order valence-corrected chi connectivity index (χ1v) is 7.52. The first-order valence-electron chi connectivity index (χ1n) is 6.65. The molecule has 0 aliphatic heterocycles. The first kappa shape index (κ1) is 13.6. The number of rotatable bonds is 4. The standard InChI is InChI=1S/C16H14N2O2S/c1-2-20-16(19)13-8-12(9-17-13)14-10-21-15(18-14)11-6-4-3-5-7-11/h3-10,17H,2H2,1H3. The summed E-state index contributed by atoms with van der Waals surface area (Å²) in [5.74, 6) is -0.345. The Morgan fingerprint density at radius 3 is 2.86 bits per heavy atom. The van der Waals surface area contributed by atoms with Crippen molar-refractivity contribution in [2.45, 2.75) is 6.92 Å². The Morgan fingerprint density at radius 2 is 2.10 bits per heavy atom. The molecule has 3 rings (SSSR count). The van der Waals surface area contributed by atoms with Gasteiger partial charge in [-0.3, -0.25) is 0 Å². The maximum atomic E-state index is 11.6. The summed E-state index contributed by atoms with van der Waals surface area (Å²) in [4.78, 5) is 19.2. The lowest BCUT2D eigenvalue weighted by atomic mass is 10.2. The third-order valence-corrected chi connectivity index (χ3v) is 3.89. The topological polar surface area (TPSA) is 55.0 Å². The molecule has 0 unspecified atom stereocenters. The molecule has 1 N–H and O–H groups in total. The molecule has 21 heavy (non-hydrogen) atoms. The number of hydrogen-bond donors (Lipinski definition) is 1. The summed E-state index contributed by atoms with van der Waals surface area (Å²) in [5, 5.41) is 2.95. The Bertz CT molecular complexity index is 746. The SMILES string of the molecule is CCOC(=O)c1cc(-c2csc(-c3ccccc3)n2)c[nH]1. The lowest BCUT2D eigenvalue weighted by molar-refractivity contribution is 0.0520. The van der Waals surface area contributed by atoms with Gasteiger partial charge in [-0.15, -0.1) is 11.3 Å². The second kappa shape index (κ2) is 5.93. The molecular weight excluding hydrogens is 284 g/mol. The van der Waals surface area contributed by atoms with Gasteiger partial charge in [-0.05, 0) is 13.0 Å². The molecule has 2 heterocycles. The van der Waals surface area contributed by atoms with E-state index < -0.39 is 0 Å². The van der Waals surface area contributed by atoms with Gasteiger partial charge in [0.15, 0.2) is 0 Å². The summed E-state index contributed by atoms with van der Waals surface area (Å²) in [6.45, 7) is 2.15. The van der Waals surface area contributed by atoms with Crippen molar-refractivity contribution in [3.05, 3.63) is 53.7 Å². The largest absolute Gasteiger partial charge is 0.461 e. The minimum absolute atomic E-state index is 0.345. The summed E-state index contributed by atoms with van der Waals surface area (Å²) in [6.07, 6.45) is 1.77. The minimum Gasteiger partial charge on any atom is -0.461 e. The van der Waals surface area contributed by atoms with Crippen molar-refractivity contribution in [2.75, 3.05) is 6.61 Å². The minimum atomic E-state index is -0.345. The average Bonchev–Trinajstić information content (AvgIpc) is 3.17. The van der Waals surface area contributed by atoms with E-state index in [2.05, 4.69) is 9.97 Å². The van der Waals surface area contributed by atoms with Crippen LogP contribution in [0.25, 0.3) is 21.8 Å². The van der Waals surface area contributed by atoms with Crippen LogP contribution in [0, 0.1) is 0 Å². The van der Waals surface area contributed by atoms with Crippen molar-refractivity contribution in [3.8, 4) is 21.8 Å². The number of nitrogens with one attached hydrogen (secondary N) is 1. The van der Waals surface area contributed by atoms with Gasteiger partial charge in [-0.2, -0.15) is 0 Å². The number of nitrogens with zero attached hydrogens (tertiary/aromatic N) is 1. The Morgan fingerprint density at radius 1 is 1.29 bits per heavy atom. The molecule has 0 bridgehead atoms. The van der Waals surface area contributed by atoms with Gasteiger partial charge in [0, 0.05) is 22.7 Å². The highest BCUT2D eigenvalue weighted by atomic mass is 32.1. The zero-order chi connectivity index (χ0) is 14.7. The van der Waals surface area contributed by atoms with Crippen molar-refractivity contribution in [1.82, 2.24) is 9.97 Å². The van der Waals surface area contributed by atoms with Gasteiger partial charge in [0.25, 0.3) is 0 Å². The zero-order valence-electron chi connectivity index (χ0n) is 11.5. The molecule has 0 saturated heterocycles. The molecule has 0 amide bonds. The number of H-pyrrole nitrogens is 1. The Hall–Kier alpha value is -2.40. The van der Waals surface area contributed by atoms with E-state index in [1.807, 2.05) is 35.7 Å². The molecule has 1 aromatic carbocycles. The fourth-order valence-electron chi connectivity index (χ4n) is 1.99. The van der Waals surface area contributed by atoms with Crippen LogP contribution < -0.4 is 0 Å². The van der Waals surface area contributed by atoms with Gasteiger partial charge in [0.1, 0.15) is 10.7 Å². The monoisotopic (exact) mass is 298 g/mol. The molecule has 0 spiro atoms. The fourth-order valence-corrected chi connectivity index (χ4v) is 2.82. The first-order chi connectivity index (χ1) is 10.3. The number of ether oxygens (including phenoxy) is 1. The van der Waals surface area contributed by atoms with Crippen molar-refractivity contribution in [1.29, 1.82) is 0 Å². The summed E-state index contributed by atoms with van der Waals surface area (Å²) < 4.78 is 4.96. The highest BCUT2D eigenvalue weighted by Crippen LogP contribution is 2.29. The van der Waals surface area contributed by atoms with E-state index in [0.29, 0.717) is 12.3 Å². The van der Waals surface area contributed by atoms with Gasteiger partial charge in [0.05, 0.1) is 12.3 Å². The van der Waals surface area contributed by atoms with Crippen LogP contribution in [-0.4, -0.2) is 22.5 Å². The van der Waals surface area contributed by atoms with Gasteiger partial charge in [-0.25, -0.2) is 9.78 Å². The van der Waals surface area contributed by atoms with E-state index in [-0.39, 0.29) is 5.97 Å². The molecule has 3 aromatic rings. The molecule has 0 radical (unpaired) electrons. The predicted octanol–water partition coefficient (Wildman–Crippen LogP) is 3.98. The van der Waals surface area contributed by atoms with E-state index in [1.54, 1.807) is 30.5 Å². The van der Waals surface area contributed by atoms with Crippen molar-refractivity contribution < 1.29 is 9.53 Å². The smallest absolute Gasteiger partial charge is 0.354 e. The number of esters is 1. The Kier molecular flexibility index (Phi) is 3.83. The maximum Gasteiger partial charge on any atom is 0.354 e. The lowest BCUT2D eigenvalue weighted by Gasteiger charge is -1.96. The highest BCUT2D eigenvalue weighted by molar-refractivity contribution is 7.13. The third-order valence-electron chi connectivity index (χ3n) is 3.00. The van der Waals surface area contributed by atoms with E-state index in [4.69, 9.17) is 4.74 Å².